The van der Waals surface area contributed by atoms with Crippen molar-refractivity contribution >= 4 is 16.8 Å². The van der Waals surface area contributed by atoms with Crippen molar-refractivity contribution in [3.63, 3.8) is 0 Å². The predicted octanol–water partition coefficient (Wildman–Crippen LogP) is 3.90. The monoisotopic (exact) mass is 425 g/mol. The van der Waals surface area contributed by atoms with Crippen molar-refractivity contribution in [3.05, 3.63) is 30.0 Å². The Bertz CT molecular complexity index is 862. The number of carbonyl (C=O) groups is 1. The van der Waals surface area contributed by atoms with E-state index in [1.54, 1.807) is 0 Å². The third kappa shape index (κ3) is 5.12. The van der Waals surface area contributed by atoms with Crippen LogP contribution in [0.5, 0.6) is 0 Å². The average Bonchev–Trinajstić information content (AvgIpc) is 3.11. The summed E-state index contributed by atoms with van der Waals surface area (Å²) < 4.78 is 2.04. The van der Waals surface area contributed by atoms with Crippen molar-refractivity contribution < 1.29 is 4.79 Å². The second-order valence-electron chi connectivity index (χ2n) is 9.69. The van der Waals surface area contributed by atoms with Crippen LogP contribution in [0.15, 0.2) is 24.3 Å². The highest BCUT2D eigenvalue weighted by molar-refractivity contribution is 6.05. The Balaban J connectivity index is 1.41. The number of unbranched alkanes of at least 4 members (excludes halogenated alkanes) is 5. The molecule has 2 aliphatic rings. The average molecular weight is 426 g/mol. The van der Waals surface area contributed by atoms with Gasteiger partial charge in [0.15, 0.2) is 5.69 Å². The lowest BCUT2D eigenvalue weighted by Gasteiger charge is -2.50. The van der Waals surface area contributed by atoms with Gasteiger partial charge in [-0.3, -0.25) is 14.4 Å². The molecule has 6 nitrogen and oxygen atoms in total. The Kier molecular flexibility index (Phi) is 7.28. The number of carbonyl (C=O) groups excluding carboxylic acids is 1. The number of hydrogen-bond acceptors (Lipinski definition) is 4. The number of nitrogens with zero attached hydrogens (tertiary/aromatic N) is 4. The number of hydrogen-bond donors (Lipinski definition) is 1. The van der Waals surface area contributed by atoms with E-state index in [1.165, 1.54) is 32.1 Å². The number of piperidine rings is 1. The fourth-order valence-electron chi connectivity index (χ4n) is 5.46. The molecule has 31 heavy (non-hydrogen) atoms. The van der Waals surface area contributed by atoms with Crippen LogP contribution in [0.4, 0.5) is 0 Å². The normalized spacial score (nSPS) is 24.5. The summed E-state index contributed by atoms with van der Waals surface area (Å²) in [5.41, 5.74) is 1.66. The van der Waals surface area contributed by atoms with Gasteiger partial charge in [-0.05, 0) is 39.4 Å². The van der Waals surface area contributed by atoms with E-state index in [0.717, 1.165) is 49.8 Å². The van der Waals surface area contributed by atoms with E-state index >= 15 is 0 Å². The summed E-state index contributed by atoms with van der Waals surface area (Å²) in [6.07, 6.45) is 9.57. The van der Waals surface area contributed by atoms with Crippen molar-refractivity contribution in [2.45, 2.75) is 83.0 Å². The first kappa shape index (κ1) is 22.3. The van der Waals surface area contributed by atoms with Gasteiger partial charge in [-0.25, -0.2) is 0 Å². The van der Waals surface area contributed by atoms with E-state index in [0.29, 0.717) is 17.8 Å². The fourth-order valence-corrected chi connectivity index (χ4v) is 5.46. The molecule has 170 valence electrons. The summed E-state index contributed by atoms with van der Waals surface area (Å²) in [7, 11) is 4.44. The fraction of sp³-hybridized carbons (Fsp3) is 0.680. The Morgan fingerprint density at radius 1 is 1.03 bits per heavy atom. The number of aryl methyl sites for hydroxylation is 1. The molecule has 2 saturated heterocycles. The van der Waals surface area contributed by atoms with Crippen LogP contribution < -0.4 is 5.32 Å². The molecule has 2 fully saturated rings. The number of para-hydroxylation sites is 1. The molecular weight excluding hydrogens is 386 g/mol. The molecule has 0 radical (unpaired) electrons. The third-order valence-electron chi connectivity index (χ3n) is 7.24. The number of benzene rings is 1. The van der Waals surface area contributed by atoms with Gasteiger partial charge in [0.05, 0.1) is 5.52 Å². The van der Waals surface area contributed by atoms with Gasteiger partial charge >= 0.3 is 0 Å². The molecule has 1 N–H and O–H groups in total. The van der Waals surface area contributed by atoms with Gasteiger partial charge in [-0.15, -0.1) is 0 Å². The number of piperazine rings is 1. The first-order valence-corrected chi connectivity index (χ1v) is 12.2. The molecule has 2 bridgehead atoms. The van der Waals surface area contributed by atoms with Crippen LogP contribution >= 0.6 is 0 Å². The number of fused-ring (bicyclic) bond motifs is 3. The maximum absolute atomic E-state index is 13.2. The lowest BCUT2D eigenvalue weighted by atomic mass is 9.88. The largest absolute Gasteiger partial charge is 0.348 e. The quantitative estimate of drug-likeness (QED) is 0.619. The van der Waals surface area contributed by atoms with Gasteiger partial charge in [-0.1, -0.05) is 57.2 Å². The lowest BCUT2D eigenvalue weighted by molar-refractivity contribution is 0.00837. The van der Waals surface area contributed by atoms with Crippen LogP contribution in [-0.2, 0) is 6.54 Å². The summed E-state index contributed by atoms with van der Waals surface area (Å²) in [5, 5.41) is 9.08. The second-order valence-corrected chi connectivity index (χ2v) is 9.69. The minimum absolute atomic E-state index is 0.0149. The molecule has 2 aromatic rings. The first-order valence-electron chi connectivity index (χ1n) is 12.2. The standard InChI is InChI=1S/C25H39N5O/c1-4-5-6-7-8-11-14-30-23-13-10-9-12-22(23)24(27-30)25(31)26-19-15-20-17-28(2)18-21(16-19)29(20)3/h9-10,12-13,19-21H,4-8,11,14-18H2,1-3H3,(H,26,31)/t19-,20-,21+. The summed E-state index contributed by atoms with van der Waals surface area (Å²) in [6.45, 7) is 5.29. The second kappa shape index (κ2) is 10.1. The maximum Gasteiger partial charge on any atom is 0.272 e. The molecule has 2 aliphatic heterocycles. The minimum Gasteiger partial charge on any atom is -0.348 e. The van der Waals surface area contributed by atoms with Crippen LogP contribution in [0, 0.1) is 0 Å². The minimum atomic E-state index is -0.0149. The topological polar surface area (TPSA) is 53.4 Å². The van der Waals surface area contributed by atoms with E-state index in [1.807, 2.05) is 22.9 Å². The number of likely N-dealkylation sites (tertiary alicyclic amines) is 1. The molecule has 0 spiro atoms. The number of nitrogens with one attached hydrogen (secondary N) is 1. The zero-order valence-electron chi connectivity index (χ0n) is 19.5. The van der Waals surface area contributed by atoms with E-state index in [9.17, 15) is 4.79 Å². The first-order chi connectivity index (χ1) is 15.1. The van der Waals surface area contributed by atoms with Crippen molar-refractivity contribution in [2.24, 2.45) is 0 Å². The third-order valence-corrected chi connectivity index (χ3v) is 7.24. The molecule has 1 amide bonds. The number of rotatable bonds is 9. The van der Waals surface area contributed by atoms with Crippen LogP contribution in [0.2, 0.25) is 0 Å². The van der Waals surface area contributed by atoms with Crippen molar-refractivity contribution in [2.75, 3.05) is 27.2 Å². The zero-order valence-corrected chi connectivity index (χ0v) is 19.5. The molecule has 1 aromatic heterocycles. The smallest absolute Gasteiger partial charge is 0.272 e. The highest BCUT2D eigenvalue weighted by Gasteiger charge is 2.38. The van der Waals surface area contributed by atoms with Gasteiger partial charge in [0.25, 0.3) is 5.91 Å². The molecule has 0 aliphatic carbocycles. The Morgan fingerprint density at radius 3 is 2.45 bits per heavy atom. The van der Waals surface area contributed by atoms with Crippen molar-refractivity contribution in [1.29, 1.82) is 0 Å². The number of amides is 1. The highest BCUT2D eigenvalue weighted by Crippen LogP contribution is 2.27. The van der Waals surface area contributed by atoms with Crippen LogP contribution in [0.1, 0.15) is 68.8 Å². The molecule has 0 unspecified atom stereocenters. The van der Waals surface area contributed by atoms with E-state index in [4.69, 9.17) is 5.10 Å². The molecule has 6 heteroatoms. The van der Waals surface area contributed by atoms with E-state index < -0.39 is 0 Å². The van der Waals surface area contributed by atoms with Gasteiger partial charge < -0.3 is 10.2 Å². The summed E-state index contributed by atoms with van der Waals surface area (Å²) in [4.78, 5) is 18.2. The number of aromatic nitrogens is 2. The van der Waals surface area contributed by atoms with Gasteiger partial charge in [0, 0.05) is 43.1 Å². The summed E-state index contributed by atoms with van der Waals surface area (Å²) >= 11 is 0. The maximum atomic E-state index is 13.2. The van der Waals surface area contributed by atoms with Gasteiger partial charge in [0.2, 0.25) is 0 Å². The summed E-state index contributed by atoms with van der Waals surface area (Å²) in [5.74, 6) is -0.0149. The van der Waals surface area contributed by atoms with Crippen molar-refractivity contribution in [3.8, 4) is 0 Å². The highest BCUT2D eigenvalue weighted by atomic mass is 16.2. The van der Waals surface area contributed by atoms with Gasteiger partial charge in [0.1, 0.15) is 0 Å². The van der Waals surface area contributed by atoms with Crippen LogP contribution in [0.25, 0.3) is 10.9 Å². The van der Waals surface area contributed by atoms with Crippen molar-refractivity contribution in [1.82, 2.24) is 24.9 Å². The van der Waals surface area contributed by atoms with Crippen LogP contribution in [0.3, 0.4) is 0 Å². The Labute approximate surface area is 187 Å². The SMILES string of the molecule is CCCCCCCCn1nc(C(=O)N[C@@H]2C[C@@H]3CN(C)C[C@H](C2)N3C)c2ccccc21. The van der Waals surface area contributed by atoms with E-state index in [-0.39, 0.29) is 11.9 Å². The molecule has 4 rings (SSSR count). The molecule has 0 saturated carbocycles. The van der Waals surface area contributed by atoms with E-state index in [2.05, 4.69) is 42.2 Å². The zero-order chi connectivity index (χ0) is 21.8. The molecule has 3 atom stereocenters. The van der Waals surface area contributed by atoms with Crippen LogP contribution in [-0.4, -0.2) is 70.8 Å². The Hall–Kier alpha value is -1.92. The van der Waals surface area contributed by atoms with Gasteiger partial charge in [-0.2, -0.15) is 5.10 Å². The predicted molar refractivity (Wildman–Crippen MR) is 126 cm³/mol. The summed E-state index contributed by atoms with van der Waals surface area (Å²) in [6, 6.07) is 9.44. The number of likely N-dealkylation sites (N-methyl/N-ethyl adjacent to an activating group) is 2. The Morgan fingerprint density at radius 2 is 1.71 bits per heavy atom. The molecule has 3 heterocycles. The molecular formula is C25H39N5O. The molecule has 1 aromatic carbocycles. The lowest BCUT2D eigenvalue weighted by Crippen LogP contribution is -2.63.